The minimum absolute atomic E-state index is 0.394. The van der Waals surface area contributed by atoms with Crippen LogP contribution in [0.1, 0.15) is 19.4 Å². The van der Waals surface area contributed by atoms with Crippen LogP contribution >= 0.6 is 0 Å². The van der Waals surface area contributed by atoms with Gasteiger partial charge in [0, 0.05) is 24.9 Å². The highest BCUT2D eigenvalue weighted by Crippen LogP contribution is 2.14. The van der Waals surface area contributed by atoms with E-state index < -0.39 is 16.2 Å². The first-order valence-electron chi connectivity index (χ1n) is 6.18. The first kappa shape index (κ1) is 16.2. The number of nitrogens with zero attached hydrogens (tertiary/aromatic N) is 1. The minimum Gasteiger partial charge on any atom is -0.478 e. The van der Waals surface area contributed by atoms with Crippen LogP contribution in [0.15, 0.2) is 30.3 Å². The third-order valence-electron chi connectivity index (χ3n) is 2.62. The van der Waals surface area contributed by atoms with E-state index in [1.165, 1.54) is 10.4 Å². The lowest BCUT2D eigenvalue weighted by Gasteiger charge is -2.19. The molecule has 0 aliphatic heterocycles. The topological polar surface area (TPSA) is 86.7 Å². The summed E-state index contributed by atoms with van der Waals surface area (Å²) in [4.78, 5) is 10.4. The molecule has 1 aromatic carbocycles. The van der Waals surface area contributed by atoms with Gasteiger partial charge >= 0.3 is 16.2 Å². The highest BCUT2D eigenvalue weighted by molar-refractivity contribution is 7.90. The first-order valence-corrected chi connectivity index (χ1v) is 7.62. The van der Waals surface area contributed by atoms with Gasteiger partial charge in [0.25, 0.3) is 0 Å². The van der Waals surface area contributed by atoms with Crippen LogP contribution in [0.2, 0.25) is 0 Å². The summed E-state index contributed by atoms with van der Waals surface area (Å²) in [6, 6.07) is 6.45. The zero-order valence-corrected chi connectivity index (χ0v) is 12.2. The second kappa shape index (κ2) is 7.06. The van der Waals surface area contributed by atoms with Crippen LogP contribution < -0.4 is 4.72 Å². The van der Waals surface area contributed by atoms with E-state index in [2.05, 4.69) is 4.72 Å². The molecule has 0 saturated carbocycles. The van der Waals surface area contributed by atoms with E-state index in [0.717, 1.165) is 6.08 Å². The third-order valence-corrected chi connectivity index (χ3v) is 4.31. The molecule has 7 heteroatoms. The maximum Gasteiger partial charge on any atom is 0.328 e. The summed E-state index contributed by atoms with van der Waals surface area (Å²) in [6.45, 7) is 4.32. The zero-order chi connectivity index (χ0) is 15.2. The lowest BCUT2D eigenvalue weighted by molar-refractivity contribution is -0.131. The SMILES string of the molecule is CCN(CC)S(=O)(=O)Nc1ccc(/C=C/C(=O)O)cc1. The van der Waals surface area contributed by atoms with E-state index in [9.17, 15) is 13.2 Å². The van der Waals surface area contributed by atoms with E-state index in [4.69, 9.17) is 5.11 Å². The van der Waals surface area contributed by atoms with Gasteiger partial charge in [0.2, 0.25) is 0 Å². The van der Waals surface area contributed by atoms with Crippen molar-refractivity contribution in [2.24, 2.45) is 0 Å². The Labute approximate surface area is 118 Å². The smallest absolute Gasteiger partial charge is 0.328 e. The van der Waals surface area contributed by atoms with Gasteiger partial charge in [-0.2, -0.15) is 12.7 Å². The molecule has 20 heavy (non-hydrogen) atoms. The number of carboxylic acids is 1. The van der Waals surface area contributed by atoms with Crippen LogP contribution in [0.3, 0.4) is 0 Å². The molecule has 0 aromatic heterocycles. The number of anilines is 1. The van der Waals surface area contributed by atoms with E-state index in [1.807, 2.05) is 0 Å². The molecular formula is C13H18N2O4S. The molecular weight excluding hydrogens is 280 g/mol. The average Bonchev–Trinajstić information content (AvgIpc) is 2.38. The Kier molecular flexibility index (Phi) is 5.72. The molecule has 0 aliphatic carbocycles. The van der Waals surface area contributed by atoms with Gasteiger partial charge in [0.1, 0.15) is 0 Å². The Balaban J connectivity index is 2.82. The Morgan fingerprint density at radius 2 is 1.80 bits per heavy atom. The Morgan fingerprint density at radius 3 is 2.25 bits per heavy atom. The second-order valence-electron chi connectivity index (χ2n) is 3.98. The summed E-state index contributed by atoms with van der Waals surface area (Å²) in [6.07, 6.45) is 2.46. The molecule has 0 unspecified atom stereocenters. The number of nitrogens with one attached hydrogen (secondary N) is 1. The molecule has 0 fully saturated rings. The molecule has 0 saturated heterocycles. The number of hydrogen-bond donors (Lipinski definition) is 2. The van der Waals surface area contributed by atoms with E-state index in [-0.39, 0.29) is 0 Å². The van der Waals surface area contributed by atoms with Gasteiger partial charge in [-0.1, -0.05) is 26.0 Å². The highest BCUT2D eigenvalue weighted by atomic mass is 32.2. The van der Waals surface area contributed by atoms with Crippen LogP contribution in [-0.4, -0.2) is 36.9 Å². The van der Waals surface area contributed by atoms with Gasteiger partial charge in [-0.3, -0.25) is 4.72 Å². The summed E-state index contributed by atoms with van der Waals surface area (Å²) in [5.74, 6) is -1.03. The number of carboxylic acid groups (broad SMARTS) is 1. The quantitative estimate of drug-likeness (QED) is 0.751. The summed E-state index contributed by atoms with van der Waals surface area (Å²) in [5, 5.41) is 8.51. The maximum absolute atomic E-state index is 12.0. The van der Waals surface area contributed by atoms with Gasteiger partial charge in [0.05, 0.1) is 0 Å². The molecule has 1 aromatic rings. The minimum atomic E-state index is -3.54. The van der Waals surface area contributed by atoms with E-state index in [0.29, 0.717) is 24.3 Å². The number of benzene rings is 1. The van der Waals surface area contributed by atoms with Crippen LogP contribution in [-0.2, 0) is 15.0 Å². The number of carbonyl (C=O) groups is 1. The predicted octanol–water partition coefficient (Wildman–Crippen LogP) is 1.78. The molecule has 0 aliphatic rings. The molecule has 110 valence electrons. The number of rotatable bonds is 7. The summed E-state index contributed by atoms with van der Waals surface area (Å²) in [7, 11) is -3.54. The van der Waals surface area contributed by atoms with E-state index in [1.54, 1.807) is 38.1 Å². The van der Waals surface area contributed by atoms with Crippen molar-refractivity contribution in [1.82, 2.24) is 4.31 Å². The summed E-state index contributed by atoms with van der Waals surface area (Å²) < 4.78 is 27.8. The standard InChI is InChI=1S/C13H18N2O4S/c1-3-15(4-2)20(18,19)14-12-8-5-11(6-9-12)7-10-13(16)17/h5-10,14H,3-4H2,1-2H3,(H,16,17)/b10-7+. The van der Waals surface area contributed by atoms with Gasteiger partial charge < -0.3 is 5.11 Å². The molecule has 6 nitrogen and oxygen atoms in total. The third kappa shape index (κ3) is 4.67. The molecule has 0 amide bonds. The molecule has 1 rings (SSSR count). The van der Waals surface area contributed by atoms with Crippen molar-refractivity contribution in [3.05, 3.63) is 35.9 Å². The van der Waals surface area contributed by atoms with Gasteiger partial charge in [-0.05, 0) is 23.8 Å². The van der Waals surface area contributed by atoms with Crippen LogP contribution in [0.25, 0.3) is 6.08 Å². The molecule has 0 spiro atoms. The van der Waals surface area contributed by atoms with Crippen molar-refractivity contribution in [2.75, 3.05) is 17.8 Å². The molecule has 0 heterocycles. The number of hydrogen-bond acceptors (Lipinski definition) is 3. The van der Waals surface area contributed by atoms with Crippen molar-refractivity contribution >= 4 is 27.9 Å². The summed E-state index contributed by atoms with van der Waals surface area (Å²) >= 11 is 0. The fourth-order valence-electron chi connectivity index (χ4n) is 1.61. The molecule has 0 atom stereocenters. The molecule has 2 N–H and O–H groups in total. The van der Waals surface area contributed by atoms with Crippen molar-refractivity contribution in [1.29, 1.82) is 0 Å². The lowest BCUT2D eigenvalue weighted by atomic mass is 10.2. The van der Waals surface area contributed by atoms with Crippen molar-refractivity contribution in [3.8, 4) is 0 Å². The van der Waals surface area contributed by atoms with Gasteiger partial charge in [-0.25, -0.2) is 4.79 Å². The Hall–Kier alpha value is -1.86. The number of aliphatic carboxylic acids is 1. The van der Waals surface area contributed by atoms with Crippen LogP contribution in [0.5, 0.6) is 0 Å². The maximum atomic E-state index is 12.0. The average molecular weight is 298 g/mol. The Bertz CT molecular complexity index is 575. The van der Waals surface area contributed by atoms with Gasteiger partial charge in [-0.15, -0.1) is 0 Å². The van der Waals surface area contributed by atoms with Crippen molar-refractivity contribution in [3.63, 3.8) is 0 Å². The first-order chi connectivity index (χ1) is 9.39. The zero-order valence-electron chi connectivity index (χ0n) is 11.4. The predicted molar refractivity (Wildman–Crippen MR) is 78.6 cm³/mol. The van der Waals surface area contributed by atoms with Crippen LogP contribution in [0, 0.1) is 0 Å². The van der Waals surface area contributed by atoms with E-state index >= 15 is 0 Å². The van der Waals surface area contributed by atoms with Gasteiger partial charge in [0.15, 0.2) is 0 Å². The fraction of sp³-hybridized carbons (Fsp3) is 0.308. The molecule has 0 bridgehead atoms. The molecule has 0 radical (unpaired) electrons. The lowest BCUT2D eigenvalue weighted by Crippen LogP contribution is -2.35. The normalized spacial score (nSPS) is 11.9. The second-order valence-corrected chi connectivity index (χ2v) is 5.66. The van der Waals surface area contributed by atoms with Crippen LogP contribution in [0.4, 0.5) is 5.69 Å². The highest BCUT2D eigenvalue weighted by Gasteiger charge is 2.17. The summed E-state index contributed by atoms with van der Waals surface area (Å²) in [5.41, 5.74) is 1.11. The Morgan fingerprint density at radius 1 is 1.25 bits per heavy atom. The fourth-order valence-corrected chi connectivity index (χ4v) is 2.85. The van der Waals surface area contributed by atoms with Crippen molar-refractivity contribution < 1.29 is 18.3 Å². The van der Waals surface area contributed by atoms with Crippen molar-refractivity contribution in [2.45, 2.75) is 13.8 Å². The monoisotopic (exact) mass is 298 g/mol. The largest absolute Gasteiger partial charge is 0.478 e.